The van der Waals surface area contributed by atoms with E-state index in [2.05, 4.69) is 0 Å². The second kappa shape index (κ2) is 6.54. The first-order valence-electron chi connectivity index (χ1n) is 9.06. The number of halogens is 1. The fourth-order valence-corrected chi connectivity index (χ4v) is 4.06. The Morgan fingerprint density at radius 3 is 2.48 bits per heavy atom. The molecule has 5 heteroatoms. The van der Waals surface area contributed by atoms with Gasteiger partial charge in [0, 0.05) is 11.6 Å². The summed E-state index contributed by atoms with van der Waals surface area (Å²) in [6, 6.07) is 10.6. The molecule has 0 spiro atoms. The molecule has 0 aliphatic carbocycles. The van der Waals surface area contributed by atoms with Gasteiger partial charge in [-0.3, -0.25) is 9.59 Å². The number of amides is 1. The van der Waals surface area contributed by atoms with Crippen LogP contribution in [0.5, 0.6) is 0 Å². The summed E-state index contributed by atoms with van der Waals surface area (Å²) in [7, 11) is 0. The summed E-state index contributed by atoms with van der Waals surface area (Å²) in [4.78, 5) is 28.2. The molecule has 4 rings (SSSR count). The van der Waals surface area contributed by atoms with Crippen molar-refractivity contribution < 1.29 is 9.21 Å². The van der Waals surface area contributed by atoms with Gasteiger partial charge in [0.05, 0.1) is 17.0 Å². The molecule has 1 aliphatic rings. The van der Waals surface area contributed by atoms with E-state index >= 15 is 0 Å². The number of fused-ring (bicyclic) bond motifs is 2. The summed E-state index contributed by atoms with van der Waals surface area (Å²) in [5.41, 5.74) is 3.49. The van der Waals surface area contributed by atoms with Gasteiger partial charge in [0.2, 0.25) is 5.76 Å². The van der Waals surface area contributed by atoms with Crippen LogP contribution in [0, 0.1) is 13.8 Å². The van der Waals surface area contributed by atoms with E-state index in [-0.39, 0.29) is 17.1 Å². The largest absolute Gasteiger partial charge is 0.450 e. The van der Waals surface area contributed by atoms with Crippen molar-refractivity contribution in [1.29, 1.82) is 0 Å². The van der Waals surface area contributed by atoms with E-state index in [1.165, 1.54) is 0 Å². The number of carbonyl (C=O) groups excluding carboxylic acids is 1. The summed E-state index contributed by atoms with van der Waals surface area (Å²) in [6.45, 7) is 6.40. The highest BCUT2D eigenvalue weighted by Crippen LogP contribution is 2.38. The maximum absolute atomic E-state index is 13.4. The molecule has 1 aliphatic heterocycles. The molecule has 0 radical (unpaired) electrons. The fraction of sp³-hybridized carbons (Fsp3) is 0.273. The predicted octanol–water partition coefficient (Wildman–Crippen LogP) is 5.02. The highest BCUT2D eigenvalue weighted by molar-refractivity contribution is 6.30. The molecule has 1 atom stereocenters. The summed E-state index contributed by atoms with van der Waals surface area (Å²) in [5, 5.41) is 1.14. The highest BCUT2D eigenvalue weighted by atomic mass is 35.5. The molecule has 0 N–H and O–H groups in total. The zero-order valence-corrected chi connectivity index (χ0v) is 16.3. The third kappa shape index (κ3) is 2.76. The van der Waals surface area contributed by atoms with Gasteiger partial charge in [0.1, 0.15) is 5.58 Å². The van der Waals surface area contributed by atoms with Crippen LogP contribution in [-0.2, 0) is 0 Å². The van der Waals surface area contributed by atoms with Crippen LogP contribution in [0.15, 0.2) is 45.6 Å². The minimum Gasteiger partial charge on any atom is -0.450 e. The van der Waals surface area contributed by atoms with Gasteiger partial charge in [-0.2, -0.15) is 0 Å². The molecule has 27 heavy (non-hydrogen) atoms. The first-order chi connectivity index (χ1) is 12.9. The normalized spacial score (nSPS) is 16.2. The number of nitrogens with zero attached hydrogens (tertiary/aromatic N) is 1. The Bertz CT molecular complexity index is 1120. The topological polar surface area (TPSA) is 50.5 Å². The van der Waals surface area contributed by atoms with Crippen LogP contribution in [0.2, 0.25) is 5.02 Å². The molecule has 1 unspecified atom stereocenters. The van der Waals surface area contributed by atoms with Gasteiger partial charge in [-0.05, 0) is 55.2 Å². The van der Waals surface area contributed by atoms with Crippen molar-refractivity contribution in [2.75, 3.05) is 6.54 Å². The average molecular weight is 382 g/mol. The van der Waals surface area contributed by atoms with Crippen molar-refractivity contribution >= 4 is 28.5 Å². The number of hydrogen-bond acceptors (Lipinski definition) is 3. The fourth-order valence-electron chi connectivity index (χ4n) is 3.94. The molecule has 4 nitrogen and oxygen atoms in total. The van der Waals surface area contributed by atoms with E-state index < -0.39 is 6.04 Å². The maximum Gasteiger partial charge on any atom is 0.290 e. The zero-order chi connectivity index (χ0) is 19.3. The molecule has 1 amide bonds. The van der Waals surface area contributed by atoms with Crippen molar-refractivity contribution in [3.63, 3.8) is 0 Å². The van der Waals surface area contributed by atoms with Gasteiger partial charge in [0.25, 0.3) is 5.91 Å². The SMILES string of the molecule is CCCN1C(=O)c2oc3c(C)cc(C)cc3c(=O)c2C1c1ccc(Cl)cc1. The lowest BCUT2D eigenvalue weighted by Gasteiger charge is -2.24. The molecule has 0 fully saturated rings. The molecule has 3 aromatic rings. The quantitative estimate of drug-likeness (QED) is 0.640. The van der Waals surface area contributed by atoms with E-state index in [0.29, 0.717) is 28.1 Å². The van der Waals surface area contributed by atoms with E-state index in [1.807, 2.05) is 45.0 Å². The Kier molecular flexibility index (Phi) is 4.31. The van der Waals surface area contributed by atoms with E-state index in [0.717, 1.165) is 23.1 Å². The van der Waals surface area contributed by atoms with Crippen LogP contribution < -0.4 is 5.43 Å². The number of aryl methyl sites for hydroxylation is 2. The summed E-state index contributed by atoms with van der Waals surface area (Å²) >= 11 is 6.03. The Labute approximate surface area is 162 Å². The third-order valence-corrected chi connectivity index (χ3v) is 5.30. The van der Waals surface area contributed by atoms with Gasteiger partial charge in [-0.25, -0.2) is 0 Å². The average Bonchev–Trinajstić information content (AvgIpc) is 2.90. The molecule has 0 saturated heterocycles. The predicted molar refractivity (Wildman–Crippen MR) is 107 cm³/mol. The molecular formula is C22H20ClNO3. The van der Waals surface area contributed by atoms with E-state index in [1.54, 1.807) is 17.0 Å². The lowest BCUT2D eigenvalue weighted by Crippen LogP contribution is -2.30. The molecule has 0 saturated carbocycles. The summed E-state index contributed by atoms with van der Waals surface area (Å²) in [5.74, 6) is -0.0707. The molecule has 2 heterocycles. The van der Waals surface area contributed by atoms with Crippen molar-refractivity contribution in [2.24, 2.45) is 0 Å². The Balaban J connectivity index is 2.04. The Hall–Kier alpha value is -2.59. The second-order valence-electron chi connectivity index (χ2n) is 7.09. The van der Waals surface area contributed by atoms with Gasteiger partial charge >= 0.3 is 0 Å². The van der Waals surface area contributed by atoms with Crippen molar-refractivity contribution in [3.05, 3.63) is 79.7 Å². The second-order valence-corrected chi connectivity index (χ2v) is 7.52. The molecule has 0 bridgehead atoms. The summed E-state index contributed by atoms with van der Waals surface area (Å²) in [6.07, 6.45) is 0.787. The number of carbonyl (C=O) groups is 1. The van der Waals surface area contributed by atoms with Crippen LogP contribution in [0.1, 0.15) is 52.2 Å². The molecule has 2 aromatic carbocycles. The van der Waals surface area contributed by atoms with Gasteiger partial charge in [0.15, 0.2) is 5.43 Å². The van der Waals surface area contributed by atoms with Crippen molar-refractivity contribution in [3.8, 4) is 0 Å². The minimum atomic E-state index is -0.453. The van der Waals surface area contributed by atoms with Crippen LogP contribution in [0.4, 0.5) is 0 Å². The first-order valence-corrected chi connectivity index (χ1v) is 9.44. The highest BCUT2D eigenvalue weighted by Gasteiger charge is 2.42. The van der Waals surface area contributed by atoms with Gasteiger partial charge < -0.3 is 9.32 Å². The molecule has 138 valence electrons. The van der Waals surface area contributed by atoms with Gasteiger partial charge in [-0.15, -0.1) is 0 Å². The van der Waals surface area contributed by atoms with Crippen LogP contribution in [0.3, 0.4) is 0 Å². The van der Waals surface area contributed by atoms with E-state index in [9.17, 15) is 9.59 Å². The van der Waals surface area contributed by atoms with Crippen molar-refractivity contribution in [2.45, 2.75) is 33.2 Å². The third-order valence-electron chi connectivity index (χ3n) is 5.05. The Morgan fingerprint density at radius 2 is 1.81 bits per heavy atom. The van der Waals surface area contributed by atoms with Gasteiger partial charge in [-0.1, -0.05) is 36.7 Å². The lowest BCUT2D eigenvalue weighted by atomic mass is 9.97. The van der Waals surface area contributed by atoms with Crippen LogP contribution >= 0.6 is 11.6 Å². The lowest BCUT2D eigenvalue weighted by molar-refractivity contribution is 0.0728. The smallest absolute Gasteiger partial charge is 0.290 e. The minimum absolute atomic E-state index is 0.134. The summed E-state index contributed by atoms with van der Waals surface area (Å²) < 4.78 is 6.02. The monoisotopic (exact) mass is 381 g/mol. The van der Waals surface area contributed by atoms with Crippen LogP contribution in [-0.4, -0.2) is 17.4 Å². The van der Waals surface area contributed by atoms with Crippen LogP contribution in [0.25, 0.3) is 11.0 Å². The standard InChI is InChI=1S/C22H20ClNO3/c1-4-9-24-18(14-5-7-15(23)8-6-14)17-19(25)16-11-12(2)10-13(3)20(16)27-21(17)22(24)26/h5-8,10-11,18H,4,9H2,1-3H3. The maximum atomic E-state index is 13.4. The van der Waals surface area contributed by atoms with E-state index in [4.69, 9.17) is 16.0 Å². The first kappa shape index (κ1) is 17.8. The zero-order valence-electron chi connectivity index (χ0n) is 15.5. The van der Waals surface area contributed by atoms with Crippen molar-refractivity contribution in [1.82, 2.24) is 4.90 Å². The Morgan fingerprint density at radius 1 is 1.11 bits per heavy atom. The number of hydrogen-bond donors (Lipinski definition) is 0. The molecule has 1 aromatic heterocycles. The number of rotatable bonds is 3. The molecular weight excluding hydrogens is 362 g/mol. The number of benzene rings is 2.